The predicted octanol–water partition coefficient (Wildman–Crippen LogP) is 5.12. The molecule has 0 aromatic carbocycles. The monoisotopic (exact) mass is 242 g/mol. The number of hydrogen-bond donors (Lipinski definition) is 0. The Morgan fingerprint density at radius 3 is 1.94 bits per heavy atom. The third kappa shape index (κ3) is 3.59. The molecule has 0 aromatic heterocycles. The summed E-state index contributed by atoms with van der Waals surface area (Å²) in [5, 5.41) is 0. The van der Waals surface area contributed by atoms with Crippen LogP contribution in [0, 0.1) is 0 Å². The predicted molar refractivity (Wildman–Crippen MR) is 74.4 cm³/mol. The lowest BCUT2D eigenvalue weighted by Crippen LogP contribution is -2.44. The molecule has 0 bridgehead atoms. The van der Waals surface area contributed by atoms with E-state index in [4.69, 9.17) is 4.43 Å². The minimum absolute atomic E-state index is 0.947. The van der Waals surface area contributed by atoms with Crippen LogP contribution in [0.4, 0.5) is 0 Å². The summed E-state index contributed by atoms with van der Waals surface area (Å²) in [6, 6.07) is 2.80. The summed E-state index contributed by atoms with van der Waals surface area (Å²) >= 11 is 0. The first-order valence-electron chi connectivity index (χ1n) is 7.43. The van der Waals surface area contributed by atoms with Crippen LogP contribution in [0.3, 0.4) is 0 Å². The molecule has 16 heavy (non-hydrogen) atoms. The Labute approximate surface area is 103 Å². The smallest absolute Gasteiger partial charge is 0.195 e. The van der Waals surface area contributed by atoms with Gasteiger partial charge in [-0.15, -0.1) is 0 Å². The lowest BCUT2D eigenvalue weighted by Gasteiger charge is -2.40. The van der Waals surface area contributed by atoms with Crippen molar-refractivity contribution in [1.29, 1.82) is 0 Å². The Bertz CT molecular complexity index is 159. The highest BCUT2D eigenvalue weighted by Gasteiger charge is 2.41. The Balaban J connectivity index is 2.70. The first kappa shape index (κ1) is 14.2. The fraction of sp³-hybridized carbons (Fsp3) is 1.00. The van der Waals surface area contributed by atoms with Crippen LogP contribution in [-0.4, -0.2) is 14.9 Å². The van der Waals surface area contributed by atoms with Crippen molar-refractivity contribution in [1.82, 2.24) is 0 Å². The lowest BCUT2D eigenvalue weighted by atomic mass is 10.0. The maximum atomic E-state index is 6.39. The van der Waals surface area contributed by atoms with Crippen molar-refractivity contribution in [2.75, 3.05) is 6.61 Å². The van der Waals surface area contributed by atoms with Gasteiger partial charge in [-0.3, -0.25) is 0 Å². The maximum Gasteiger partial charge on any atom is 0.195 e. The molecule has 1 aliphatic rings. The first-order valence-corrected chi connectivity index (χ1v) is 9.83. The number of rotatable bonds is 7. The van der Waals surface area contributed by atoms with Crippen LogP contribution in [0.5, 0.6) is 0 Å². The van der Waals surface area contributed by atoms with Crippen LogP contribution in [-0.2, 0) is 4.43 Å². The van der Waals surface area contributed by atoms with Crippen molar-refractivity contribution in [3.63, 3.8) is 0 Å². The Morgan fingerprint density at radius 2 is 1.50 bits per heavy atom. The summed E-state index contributed by atoms with van der Waals surface area (Å²) < 4.78 is 6.39. The van der Waals surface area contributed by atoms with Gasteiger partial charge in [0.25, 0.3) is 0 Å². The van der Waals surface area contributed by atoms with Crippen molar-refractivity contribution in [3.8, 4) is 0 Å². The van der Waals surface area contributed by atoms with Gasteiger partial charge in [0.2, 0.25) is 0 Å². The van der Waals surface area contributed by atoms with Crippen LogP contribution in [0.1, 0.15) is 65.7 Å². The van der Waals surface area contributed by atoms with E-state index in [1.54, 1.807) is 0 Å². The van der Waals surface area contributed by atoms with Gasteiger partial charge in [0, 0.05) is 6.61 Å². The Hall–Kier alpha value is 0.177. The summed E-state index contributed by atoms with van der Waals surface area (Å²) in [4.78, 5) is 0. The Morgan fingerprint density at radius 1 is 0.938 bits per heavy atom. The molecule has 0 aromatic rings. The quantitative estimate of drug-likeness (QED) is 0.563. The van der Waals surface area contributed by atoms with Crippen LogP contribution in [0.15, 0.2) is 0 Å². The third-order valence-corrected chi connectivity index (χ3v) is 9.75. The molecule has 0 spiro atoms. The Kier molecular flexibility index (Phi) is 6.67. The highest BCUT2D eigenvalue weighted by atomic mass is 28.4. The van der Waals surface area contributed by atoms with Gasteiger partial charge in [0.1, 0.15) is 0 Å². The molecular formula is C14H30OSi. The molecule has 0 atom stereocenters. The van der Waals surface area contributed by atoms with Crippen LogP contribution in [0.2, 0.25) is 17.6 Å². The molecule has 1 saturated carbocycles. The highest BCUT2D eigenvalue weighted by molar-refractivity contribution is 6.75. The van der Waals surface area contributed by atoms with Gasteiger partial charge in [-0.2, -0.15) is 0 Å². The van der Waals surface area contributed by atoms with E-state index < -0.39 is 8.32 Å². The van der Waals surface area contributed by atoms with E-state index in [0.717, 1.165) is 12.1 Å². The first-order chi connectivity index (χ1) is 7.79. The van der Waals surface area contributed by atoms with Crippen LogP contribution in [0.25, 0.3) is 0 Å². The third-order valence-electron chi connectivity index (χ3n) is 4.13. The number of hydrogen-bond acceptors (Lipinski definition) is 1. The van der Waals surface area contributed by atoms with Crippen molar-refractivity contribution >= 4 is 8.32 Å². The summed E-state index contributed by atoms with van der Waals surface area (Å²) in [5.41, 5.74) is 0.973. The van der Waals surface area contributed by atoms with E-state index >= 15 is 0 Å². The molecule has 1 nitrogen and oxygen atoms in total. The highest BCUT2D eigenvalue weighted by Crippen LogP contribution is 2.42. The average Bonchev–Trinajstić information content (AvgIpc) is 2.31. The molecule has 0 heterocycles. The summed E-state index contributed by atoms with van der Waals surface area (Å²) in [5.74, 6) is 0. The minimum atomic E-state index is -1.39. The minimum Gasteiger partial charge on any atom is -0.417 e. The summed E-state index contributed by atoms with van der Waals surface area (Å²) in [6.45, 7) is 7.80. The van der Waals surface area contributed by atoms with Gasteiger partial charge in [-0.1, -0.05) is 58.8 Å². The van der Waals surface area contributed by atoms with E-state index in [1.165, 1.54) is 57.0 Å². The van der Waals surface area contributed by atoms with Crippen LogP contribution < -0.4 is 0 Å². The molecule has 0 radical (unpaired) electrons. The zero-order chi connectivity index (χ0) is 11.9. The second-order valence-corrected chi connectivity index (χ2v) is 9.57. The van der Waals surface area contributed by atoms with E-state index in [0.29, 0.717) is 0 Å². The molecule has 96 valence electrons. The molecule has 1 rings (SSSR count). The normalized spacial score (nSPS) is 18.9. The van der Waals surface area contributed by atoms with Crippen molar-refractivity contribution in [2.45, 2.75) is 83.3 Å². The van der Waals surface area contributed by atoms with Crippen molar-refractivity contribution in [3.05, 3.63) is 0 Å². The van der Waals surface area contributed by atoms with Gasteiger partial charge >= 0.3 is 0 Å². The molecule has 1 aliphatic carbocycles. The molecule has 0 N–H and O–H groups in total. The van der Waals surface area contributed by atoms with Gasteiger partial charge in [0.15, 0.2) is 8.32 Å². The zero-order valence-corrected chi connectivity index (χ0v) is 12.6. The second kappa shape index (κ2) is 7.49. The van der Waals surface area contributed by atoms with Gasteiger partial charge in [-0.05, 0) is 24.6 Å². The molecule has 1 fully saturated rings. The lowest BCUT2D eigenvalue weighted by molar-refractivity contribution is 0.293. The molecule has 0 amide bonds. The molecule has 0 aliphatic heterocycles. The maximum absolute atomic E-state index is 6.39. The van der Waals surface area contributed by atoms with E-state index in [9.17, 15) is 0 Å². The standard InChI is InChI=1S/C14H30OSi/c1-4-12-16(13-5-2,15-6-3)14-10-8-7-9-11-14/h14H,4-13H2,1-3H3. The summed E-state index contributed by atoms with van der Waals surface area (Å²) in [7, 11) is -1.39. The average molecular weight is 242 g/mol. The fourth-order valence-electron chi connectivity index (χ4n) is 3.56. The van der Waals surface area contributed by atoms with E-state index in [1.807, 2.05) is 0 Å². The van der Waals surface area contributed by atoms with Gasteiger partial charge < -0.3 is 4.43 Å². The second-order valence-electron chi connectivity index (χ2n) is 5.33. The SMILES string of the molecule is CCC[Si](CCC)(OCC)C1CCCCC1. The summed E-state index contributed by atoms with van der Waals surface area (Å²) in [6.07, 6.45) is 9.95. The van der Waals surface area contributed by atoms with Gasteiger partial charge in [0.05, 0.1) is 0 Å². The zero-order valence-electron chi connectivity index (χ0n) is 11.6. The molecule has 2 heteroatoms. The topological polar surface area (TPSA) is 9.23 Å². The van der Waals surface area contributed by atoms with E-state index in [-0.39, 0.29) is 0 Å². The van der Waals surface area contributed by atoms with E-state index in [2.05, 4.69) is 20.8 Å². The largest absolute Gasteiger partial charge is 0.417 e. The van der Waals surface area contributed by atoms with Crippen molar-refractivity contribution < 1.29 is 4.43 Å². The molecular weight excluding hydrogens is 212 g/mol. The molecule has 0 saturated heterocycles. The van der Waals surface area contributed by atoms with Gasteiger partial charge in [-0.25, -0.2) is 0 Å². The fourth-order valence-corrected chi connectivity index (χ4v) is 8.88. The van der Waals surface area contributed by atoms with Crippen LogP contribution >= 0.6 is 0 Å². The molecule has 0 unspecified atom stereocenters. The van der Waals surface area contributed by atoms with Crippen molar-refractivity contribution in [2.24, 2.45) is 0 Å².